The first-order valence-corrected chi connectivity index (χ1v) is 7.92. The number of carbonyl (C=O) groups is 1. The number of benzene rings is 2. The Kier molecular flexibility index (Phi) is 6.44. The zero-order chi connectivity index (χ0) is 18.2. The van der Waals surface area contributed by atoms with Gasteiger partial charge in [-0.15, -0.1) is 0 Å². The second kappa shape index (κ2) is 8.76. The number of nitrogens with one attached hydrogen (secondary N) is 1. The predicted molar refractivity (Wildman–Crippen MR) is 98.2 cm³/mol. The minimum absolute atomic E-state index is 0.00497. The molecule has 1 N–H and O–H groups in total. The fourth-order valence-electron chi connectivity index (χ4n) is 2.22. The summed E-state index contributed by atoms with van der Waals surface area (Å²) in [4.78, 5) is 14.1. The van der Waals surface area contributed by atoms with Gasteiger partial charge in [-0.1, -0.05) is 41.9 Å². The molecule has 0 aliphatic heterocycles. The molecule has 2 aromatic carbocycles. The molecular formula is C19H18ClN3O2. The molecule has 1 amide bonds. The summed E-state index contributed by atoms with van der Waals surface area (Å²) in [5.41, 5.74) is 1.58. The molecule has 0 heterocycles. The van der Waals surface area contributed by atoms with Crippen molar-refractivity contribution in [1.29, 1.82) is 5.26 Å². The lowest BCUT2D eigenvalue weighted by Crippen LogP contribution is -2.18. The lowest BCUT2D eigenvalue weighted by Gasteiger charge is -2.15. The van der Waals surface area contributed by atoms with E-state index in [1.165, 1.54) is 13.3 Å². The third kappa shape index (κ3) is 5.27. The lowest BCUT2D eigenvalue weighted by atomic mass is 10.2. The standard InChI is InChI=1S/C19H18ClN3O2/c1-23(12-14-6-4-3-5-7-14)13-15(11-21)19(24)22-16-8-9-18(25-2)17(20)10-16/h3-10,13H,12H2,1-2H3,(H,22,24)/b15-13-. The Morgan fingerprint density at radius 1 is 1.32 bits per heavy atom. The summed E-state index contributed by atoms with van der Waals surface area (Å²) in [5, 5.41) is 12.3. The van der Waals surface area contributed by atoms with Crippen LogP contribution in [0.4, 0.5) is 5.69 Å². The molecule has 0 saturated heterocycles. The SMILES string of the molecule is COc1ccc(NC(=O)/C(C#N)=C\N(C)Cc2ccccc2)cc1Cl. The Hall–Kier alpha value is -2.97. The number of amides is 1. The average Bonchev–Trinajstić information content (AvgIpc) is 2.60. The number of hydrogen-bond donors (Lipinski definition) is 1. The van der Waals surface area contributed by atoms with Crippen molar-refractivity contribution in [3.8, 4) is 11.8 Å². The molecule has 0 unspecified atom stereocenters. The minimum atomic E-state index is -0.497. The van der Waals surface area contributed by atoms with E-state index in [4.69, 9.17) is 16.3 Å². The Balaban J connectivity index is 2.07. The Bertz CT molecular complexity index is 813. The van der Waals surface area contributed by atoms with E-state index in [-0.39, 0.29) is 5.57 Å². The van der Waals surface area contributed by atoms with Gasteiger partial charge in [-0.3, -0.25) is 4.79 Å². The number of ether oxygens (including phenoxy) is 1. The fraction of sp³-hybridized carbons (Fsp3) is 0.158. The molecule has 25 heavy (non-hydrogen) atoms. The zero-order valence-corrected chi connectivity index (χ0v) is 14.7. The summed E-state index contributed by atoms with van der Waals surface area (Å²) in [7, 11) is 3.32. The van der Waals surface area contributed by atoms with Gasteiger partial charge in [0, 0.05) is 25.5 Å². The normalized spacial score (nSPS) is 10.7. The topological polar surface area (TPSA) is 65.4 Å². The molecule has 0 aliphatic carbocycles. The Morgan fingerprint density at radius 3 is 2.64 bits per heavy atom. The number of rotatable bonds is 6. The molecule has 128 valence electrons. The first-order valence-electron chi connectivity index (χ1n) is 7.54. The summed E-state index contributed by atoms with van der Waals surface area (Å²) in [6.45, 7) is 0.591. The molecule has 5 nitrogen and oxygen atoms in total. The van der Waals surface area contributed by atoms with Crippen molar-refractivity contribution in [1.82, 2.24) is 4.90 Å². The van der Waals surface area contributed by atoms with Gasteiger partial charge in [0.15, 0.2) is 0 Å². The highest BCUT2D eigenvalue weighted by atomic mass is 35.5. The van der Waals surface area contributed by atoms with Crippen LogP contribution in [0.1, 0.15) is 5.56 Å². The molecule has 2 rings (SSSR count). The van der Waals surface area contributed by atoms with Gasteiger partial charge in [0.1, 0.15) is 17.4 Å². The van der Waals surface area contributed by atoms with Gasteiger partial charge in [-0.2, -0.15) is 5.26 Å². The summed E-state index contributed by atoms with van der Waals surface area (Å²) in [5.74, 6) is 0.0157. The second-order valence-corrected chi connectivity index (χ2v) is 5.77. The van der Waals surface area contributed by atoms with E-state index in [0.29, 0.717) is 23.0 Å². The van der Waals surface area contributed by atoms with Crippen molar-refractivity contribution >= 4 is 23.2 Å². The maximum atomic E-state index is 12.3. The number of carbonyl (C=O) groups excluding carboxylic acids is 1. The first kappa shape index (κ1) is 18.4. The molecule has 0 bridgehead atoms. The summed E-state index contributed by atoms with van der Waals surface area (Å²) < 4.78 is 5.07. The quantitative estimate of drug-likeness (QED) is 0.631. The zero-order valence-electron chi connectivity index (χ0n) is 14.0. The molecule has 0 aromatic heterocycles. The van der Waals surface area contributed by atoms with Gasteiger partial charge in [0.2, 0.25) is 0 Å². The van der Waals surface area contributed by atoms with Crippen molar-refractivity contribution in [2.45, 2.75) is 6.54 Å². The van der Waals surface area contributed by atoms with E-state index in [1.807, 2.05) is 43.4 Å². The van der Waals surface area contributed by atoms with Crippen LogP contribution in [0.2, 0.25) is 5.02 Å². The van der Waals surface area contributed by atoms with Gasteiger partial charge >= 0.3 is 0 Å². The van der Waals surface area contributed by atoms with Crippen LogP contribution in [0.25, 0.3) is 0 Å². The van der Waals surface area contributed by atoms with E-state index in [0.717, 1.165) is 5.56 Å². The van der Waals surface area contributed by atoms with Crippen molar-refractivity contribution in [3.63, 3.8) is 0 Å². The molecule has 2 aromatic rings. The highest BCUT2D eigenvalue weighted by Crippen LogP contribution is 2.27. The van der Waals surface area contributed by atoms with Crippen LogP contribution >= 0.6 is 11.6 Å². The van der Waals surface area contributed by atoms with E-state index >= 15 is 0 Å². The molecule has 0 saturated carbocycles. The van der Waals surface area contributed by atoms with E-state index in [1.54, 1.807) is 23.1 Å². The third-order valence-electron chi connectivity index (χ3n) is 3.40. The van der Waals surface area contributed by atoms with Gasteiger partial charge in [-0.25, -0.2) is 0 Å². The Labute approximate surface area is 152 Å². The monoisotopic (exact) mass is 355 g/mol. The van der Waals surface area contributed by atoms with E-state index < -0.39 is 5.91 Å². The highest BCUT2D eigenvalue weighted by molar-refractivity contribution is 6.32. The summed E-state index contributed by atoms with van der Waals surface area (Å²) >= 11 is 6.04. The molecule has 0 atom stereocenters. The number of nitriles is 1. The van der Waals surface area contributed by atoms with Gasteiger partial charge in [0.25, 0.3) is 5.91 Å². The molecular weight excluding hydrogens is 338 g/mol. The number of halogens is 1. The maximum absolute atomic E-state index is 12.3. The molecule has 0 aliphatic rings. The number of hydrogen-bond acceptors (Lipinski definition) is 4. The Morgan fingerprint density at radius 2 is 2.04 bits per heavy atom. The minimum Gasteiger partial charge on any atom is -0.495 e. The van der Waals surface area contributed by atoms with Crippen LogP contribution in [0.5, 0.6) is 5.75 Å². The smallest absolute Gasteiger partial charge is 0.267 e. The molecule has 6 heteroatoms. The van der Waals surface area contributed by atoms with Crippen molar-refractivity contribution in [3.05, 3.63) is 70.9 Å². The van der Waals surface area contributed by atoms with Crippen LogP contribution in [0, 0.1) is 11.3 Å². The molecule has 0 radical (unpaired) electrons. The van der Waals surface area contributed by atoms with Crippen molar-refractivity contribution in [2.75, 3.05) is 19.5 Å². The van der Waals surface area contributed by atoms with Gasteiger partial charge in [-0.05, 0) is 23.8 Å². The highest BCUT2D eigenvalue weighted by Gasteiger charge is 2.12. The van der Waals surface area contributed by atoms with E-state index in [2.05, 4.69) is 5.32 Å². The van der Waals surface area contributed by atoms with Crippen LogP contribution < -0.4 is 10.1 Å². The number of nitrogens with zero attached hydrogens (tertiary/aromatic N) is 2. The second-order valence-electron chi connectivity index (χ2n) is 5.36. The first-order chi connectivity index (χ1) is 12.0. The largest absolute Gasteiger partial charge is 0.495 e. The predicted octanol–water partition coefficient (Wildman–Crippen LogP) is 3.83. The third-order valence-corrected chi connectivity index (χ3v) is 3.69. The van der Waals surface area contributed by atoms with Gasteiger partial charge < -0.3 is 15.0 Å². The fourth-order valence-corrected chi connectivity index (χ4v) is 2.48. The summed E-state index contributed by atoms with van der Waals surface area (Å²) in [6, 6.07) is 16.6. The lowest BCUT2D eigenvalue weighted by molar-refractivity contribution is -0.112. The van der Waals surface area contributed by atoms with Crippen LogP contribution in [0.15, 0.2) is 60.3 Å². The van der Waals surface area contributed by atoms with Crippen LogP contribution in [-0.4, -0.2) is 25.0 Å². The average molecular weight is 356 g/mol. The summed E-state index contributed by atoms with van der Waals surface area (Å²) in [6.07, 6.45) is 1.52. The number of anilines is 1. The van der Waals surface area contributed by atoms with E-state index in [9.17, 15) is 10.1 Å². The molecule has 0 spiro atoms. The molecule has 0 fully saturated rings. The van der Waals surface area contributed by atoms with Crippen LogP contribution in [-0.2, 0) is 11.3 Å². The van der Waals surface area contributed by atoms with Crippen molar-refractivity contribution in [2.24, 2.45) is 0 Å². The van der Waals surface area contributed by atoms with Crippen LogP contribution in [0.3, 0.4) is 0 Å². The van der Waals surface area contributed by atoms with Crippen molar-refractivity contribution < 1.29 is 9.53 Å². The maximum Gasteiger partial charge on any atom is 0.267 e. The number of methoxy groups -OCH3 is 1. The van der Waals surface area contributed by atoms with Gasteiger partial charge in [0.05, 0.1) is 12.1 Å².